The monoisotopic (exact) mass is 155 g/mol. The summed E-state index contributed by atoms with van der Waals surface area (Å²) in [6.45, 7) is 1.08. The Labute approximate surface area is 56.2 Å². The van der Waals surface area contributed by atoms with E-state index in [1.165, 1.54) is 0 Å². The van der Waals surface area contributed by atoms with Gasteiger partial charge >= 0.3 is 6.18 Å². The summed E-state index contributed by atoms with van der Waals surface area (Å²) in [5.74, 6) is -0.551. The lowest BCUT2D eigenvalue weighted by atomic mass is 10.1. The van der Waals surface area contributed by atoms with Crippen LogP contribution in [-0.2, 0) is 4.79 Å². The van der Waals surface area contributed by atoms with Gasteiger partial charge in [0.25, 0.3) is 0 Å². The smallest absolute Gasteiger partial charge is 0.320 e. The van der Waals surface area contributed by atoms with Gasteiger partial charge in [0, 0.05) is 6.42 Å². The van der Waals surface area contributed by atoms with Crippen LogP contribution in [0.25, 0.3) is 0 Å². The number of rotatable bonds is 2. The van der Waals surface area contributed by atoms with Crippen molar-refractivity contribution in [1.29, 1.82) is 0 Å². The maximum Gasteiger partial charge on any atom is 0.404 e. The molecule has 0 bridgehead atoms. The number of carbonyl (C=O) groups is 1. The lowest BCUT2D eigenvalue weighted by molar-refractivity contribution is -0.153. The number of alkyl halides is 3. The highest BCUT2D eigenvalue weighted by atomic mass is 19.4. The van der Waals surface area contributed by atoms with Gasteiger partial charge in [0.2, 0.25) is 0 Å². The number of hydrogen-bond acceptors (Lipinski definition) is 2. The molecule has 1 atom stereocenters. The summed E-state index contributed by atoms with van der Waals surface area (Å²) in [5.41, 5.74) is 4.61. The summed E-state index contributed by atoms with van der Waals surface area (Å²) >= 11 is 0. The van der Waals surface area contributed by atoms with Crippen molar-refractivity contribution >= 4 is 5.78 Å². The molecule has 1 unspecified atom stereocenters. The van der Waals surface area contributed by atoms with Crippen molar-refractivity contribution in [3.05, 3.63) is 0 Å². The summed E-state index contributed by atoms with van der Waals surface area (Å²) in [6, 6.07) is -2.01. The molecule has 0 heterocycles. The van der Waals surface area contributed by atoms with E-state index in [0.717, 1.165) is 6.92 Å². The lowest BCUT2D eigenvalue weighted by Crippen LogP contribution is -2.38. The molecule has 0 aliphatic heterocycles. The van der Waals surface area contributed by atoms with E-state index in [2.05, 4.69) is 5.73 Å². The second kappa shape index (κ2) is 3.01. The van der Waals surface area contributed by atoms with Crippen LogP contribution in [0.3, 0.4) is 0 Å². The maximum absolute atomic E-state index is 11.5. The third-order valence-corrected chi connectivity index (χ3v) is 0.928. The molecule has 2 N–H and O–H groups in total. The molecular weight excluding hydrogens is 147 g/mol. The first-order valence-electron chi connectivity index (χ1n) is 2.65. The minimum atomic E-state index is -4.45. The Bertz CT molecular complexity index is 131. The fourth-order valence-electron chi connectivity index (χ4n) is 0.425. The Hall–Kier alpha value is -0.580. The van der Waals surface area contributed by atoms with Gasteiger partial charge in [0.1, 0.15) is 11.8 Å². The number of halogens is 3. The van der Waals surface area contributed by atoms with Crippen molar-refractivity contribution < 1.29 is 18.0 Å². The van der Waals surface area contributed by atoms with Crippen LogP contribution < -0.4 is 5.73 Å². The minimum Gasteiger partial charge on any atom is -0.320 e. The maximum atomic E-state index is 11.5. The third-order valence-electron chi connectivity index (χ3n) is 0.928. The summed E-state index contributed by atoms with van der Waals surface area (Å²) in [4.78, 5) is 10.1. The van der Waals surface area contributed by atoms with E-state index in [1.807, 2.05) is 0 Å². The van der Waals surface area contributed by atoms with E-state index in [9.17, 15) is 18.0 Å². The third kappa shape index (κ3) is 3.45. The summed E-state index contributed by atoms with van der Waals surface area (Å²) in [6.07, 6.45) is -5.09. The van der Waals surface area contributed by atoms with Crippen LogP contribution in [0.4, 0.5) is 13.2 Å². The normalized spacial score (nSPS) is 14.9. The number of Topliss-reactive ketones (excluding diaryl/α,β-unsaturated/α-hetero) is 1. The predicted octanol–water partition coefficient (Wildman–Crippen LogP) is 0.855. The first-order chi connectivity index (χ1) is 4.34. The zero-order valence-electron chi connectivity index (χ0n) is 5.40. The summed E-state index contributed by atoms with van der Waals surface area (Å²) < 4.78 is 34.6. The molecule has 0 spiro atoms. The molecule has 0 saturated carbocycles. The van der Waals surface area contributed by atoms with E-state index < -0.39 is 24.4 Å². The first kappa shape index (κ1) is 9.42. The second-order valence-electron chi connectivity index (χ2n) is 2.05. The molecule has 10 heavy (non-hydrogen) atoms. The number of hydrogen-bond donors (Lipinski definition) is 1. The predicted molar refractivity (Wildman–Crippen MR) is 29.3 cm³/mol. The van der Waals surface area contributed by atoms with Crippen LogP contribution in [0.5, 0.6) is 0 Å². The molecule has 0 aromatic heterocycles. The molecular formula is C5H8F3NO. The van der Waals surface area contributed by atoms with Crippen LogP contribution in [0.1, 0.15) is 13.3 Å². The molecule has 0 amide bonds. The van der Waals surface area contributed by atoms with Crippen LogP contribution in [0.2, 0.25) is 0 Å². The summed E-state index contributed by atoms with van der Waals surface area (Å²) in [7, 11) is 0. The average Bonchev–Trinajstić information content (AvgIpc) is 1.60. The van der Waals surface area contributed by atoms with Crippen molar-refractivity contribution in [1.82, 2.24) is 0 Å². The second-order valence-corrected chi connectivity index (χ2v) is 2.05. The van der Waals surface area contributed by atoms with Crippen LogP contribution in [0, 0.1) is 0 Å². The van der Waals surface area contributed by atoms with Gasteiger partial charge in [-0.25, -0.2) is 0 Å². The van der Waals surface area contributed by atoms with Gasteiger partial charge < -0.3 is 5.73 Å². The molecule has 5 heteroatoms. The van der Waals surface area contributed by atoms with Gasteiger partial charge in [0.05, 0.1) is 0 Å². The van der Waals surface area contributed by atoms with Crippen LogP contribution in [0.15, 0.2) is 0 Å². The van der Waals surface area contributed by atoms with Crippen molar-refractivity contribution in [2.45, 2.75) is 25.6 Å². The van der Waals surface area contributed by atoms with Crippen LogP contribution >= 0.6 is 0 Å². The lowest BCUT2D eigenvalue weighted by Gasteiger charge is -2.12. The van der Waals surface area contributed by atoms with Gasteiger partial charge in [-0.05, 0) is 6.92 Å². The van der Waals surface area contributed by atoms with Gasteiger partial charge in [-0.15, -0.1) is 0 Å². The van der Waals surface area contributed by atoms with E-state index in [1.54, 1.807) is 0 Å². The zero-order valence-corrected chi connectivity index (χ0v) is 5.40. The highest BCUT2D eigenvalue weighted by Crippen LogP contribution is 2.20. The van der Waals surface area contributed by atoms with Gasteiger partial charge in [-0.2, -0.15) is 13.2 Å². The van der Waals surface area contributed by atoms with Crippen LogP contribution in [-0.4, -0.2) is 18.0 Å². The zero-order chi connectivity index (χ0) is 8.36. The molecule has 60 valence electrons. The van der Waals surface area contributed by atoms with E-state index in [-0.39, 0.29) is 0 Å². The SMILES string of the molecule is CC(=O)CC(N)C(F)(F)F. The Kier molecular flexibility index (Phi) is 2.83. The molecule has 0 radical (unpaired) electrons. The molecule has 0 aliphatic carbocycles. The molecule has 0 fully saturated rings. The van der Waals surface area contributed by atoms with Crippen molar-refractivity contribution in [2.75, 3.05) is 0 Å². The highest BCUT2D eigenvalue weighted by Gasteiger charge is 2.36. The Morgan fingerprint density at radius 2 is 2.00 bits per heavy atom. The highest BCUT2D eigenvalue weighted by molar-refractivity contribution is 5.76. The number of ketones is 1. The number of carbonyl (C=O) groups excluding carboxylic acids is 1. The van der Waals surface area contributed by atoms with E-state index in [4.69, 9.17) is 0 Å². The number of nitrogens with two attached hydrogens (primary N) is 1. The van der Waals surface area contributed by atoms with Gasteiger partial charge in [0.15, 0.2) is 0 Å². The molecule has 0 aromatic rings. The van der Waals surface area contributed by atoms with E-state index in [0.29, 0.717) is 0 Å². The molecule has 0 saturated heterocycles. The molecule has 0 aromatic carbocycles. The fourth-order valence-corrected chi connectivity index (χ4v) is 0.425. The quantitative estimate of drug-likeness (QED) is 0.642. The molecule has 0 aliphatic rings. The Morgan fingerprint density at radius 3 is 2.10 bits per heavy atom. The van der Waals surface area contributed by atoms with Crippen molar-refractivity contribution in [2.24, 2.45) is 5.73 Å². The molecule has 0 rings (SSSR count). The van der Waals surface area contributed by atoms with Gasteiger partial charge in [-0.1, -0.05) is 0 Å². The first-order valence-corrected chi connectivity index (χ1v) is 2.65. The Balaban J connectivity index is 3.85. The standard InChI is InChI=1S/C5H8F3NO/c1-3(10)2-4(9)5(6,7)8/h4H,2,9H2,1H3. The molecule has 2 nitrogen and oxygen atoms in total. The fraction of sp³-hybridized carbons (Fsp3) is 0.800. The summed E-state index contributed by atoms with van der Waals surface area (Å²) in [5, 5.41) is 0. The average molecular weight is 155 g/mol. The van der Waals surface area contributed by atoms with Crippen molar-refractivity contribution in [3.63, 3.8) is 0 Å². The van der Waals surface area contributed by atoms with E-state index >= 15 is 0 Å². The Morgan fingerprint density at radius 1 is 1.60 bits per heavy atom. The largest absolute Gasteiger partial charge is 0.404 e. The topological polar surface area (TPSA) is 43.1 Å². The minimum absolute atomic E-state index is 0.551. The van der Waals surface area contributed by atoms with Gasteiger partial charge in [-0.3, -0.25) is 4.79 Å². The van der Waals surface area contributed by atoms with Crippen molar-refractivity contribution in [3.8, 4) is 0 Å².